The topological polar surface area (TPSA) is 47.6 Å². The third-order valence-electron chi connectivity index (χ3n) is 5.09. The van der Waals surface area contributed by atoms with Crippen molar-refractivity contribution in [2.75, 3.05) is 14.2 Å². The smallest absolute Gasteiger partial charge is 0.251 e. The Morgan fingerprint density at radius 2 is 1.36 bits per heavy atom. The lowest BCUT2D eigenvalue weighted by atomic mass is 9.97. The molecule has 1 aromatic carbocycles. The van der Waals surface area contributed by atoms with Gasteiger partial charge in [-0.15, -0.1) is 0 Å². The van der Waals surface area contributed by atoms with E-state index in [9.17, 15) is 4.79 Å². The second-order valence-electron chi connectivity index (χ2n) is 7.00. The maximum absolute atomic E-state index is 12.6. The predicted octanol–water partition coefficient (Wildman–Crippen LogP) is 5.11. The SMILES string of the molecule is COc1ccc(C(=O)NC2CCCCCCCCCCC2)cc1OC. The van der Waals surface area contributed by atoms with Crippen molar-refractivity contribution in [2.24, 2.45) is 0 Å². The predicted molar refractivity (Wildman–Crippen MR) is 102 cm³/mol. The van der Waals surface area contributed by atoms with Crippen molar-refractivity contribution in [1.29, 1.82) is 0 Å². The van der Waals surface area contributed by atoms with Gasteiger partial charge in [0.1, 0.15) is 0 Å². The zero-order valence-electron chi connectivity index (χ0n) is 15.8. The van der Waals surface area contributed by atoms with Crippen molar-refractivity contribution in [3.05, 3.63) is 23.8 Å². The molecule has 0 unspecified atom stereocenters. The van der Waals surface area contributed by atoms with E-state index in [2.05, 4.69) is 5.32 Å². The van der Waals surface area contributed by atoms with Gasteiger partial charge in [-0.25, -0.2) is 0 Å². The molecule has 0 atom stereocenters. The first-order valence-corrected chi connectivity index (χ1v) is 9.77. The summed E-state index contributed by atoms with van der Waals surface area (Å²) in [4.78, 5) is 12.6. The maximum atomic E-state index is 12.6. The summed E-state index contributed by atoms with van der Waals surface area (Å²) in [7, 11) is 3.19. The van der Waals surface area contributed by atoms with Crippen LogP contribution in [0.25, 0.3) is 0 Å². The molecule has 0 bridgehead atoms. The highest BCUT2D eigenvalue weighted by Crippen LogP contribution is 2.27. The highest BCUT2D eigenvalue weighted by atomic mass is 16.5. The van der Waals surface area contributed by atoms with E-state index in [-0.39, 0.29) is 11.9 Å². The summed E-state index contributed by atoms with van der Waals surface area (Å²) >= 11 is 0. The molecular formula is C21H33NO3. The van der Waals surface area contributed by atoms with E-state index in [0.717, 1.165) is 12.8 Å². The molecule has 1 amide bonds. The number of hydrogen-bond donors (Lipinski definition) is 1. The molecule has 25 heavy (non-hydrogen) atoms. The van der Waals surface area contributed by atoms with E-state index in [1.807, 2.05) is 0 Å². The first kappa shape index (κ1) is 19.6. The standard InChI is InChI=1S/C21H33NO3/c1-24-19-15-14-17(16-20(19)25-2)21(23)22-18-12-10-8-6-4-3-5-7-9-11-13-18/h14-16,18H,3-13H2,1-2H3,(H,22,23). The third-order valence-corrected chi connectivity index (χ3v) is 5.09. The van der Waals surface area contributed by atoms with Gasteiger partial charge < -0.3 is 14.8 Å². The van der Waals surface area contributed by atoms with Crippen molar-refractivity contribution in [3.63, 3.8) is 0 Å². The molecule has 4 nitrogen and oxygen atoms in total. The molecule has 0 radical (unpaired) electrons. The Morgan fingerprint density at radius 1 is 0.840 bits per heavy atom. The minimum absolute atomic E-state index is 0.0157. The molecule has 1 fully saturated rings. The van der Waals surface area contributed by atoms with Crippen LogP contribution in [0, 0.1) is 0 Å². The zero-order valence-corrected chi connectivity index (χ0v) is 15.8. The molecular weight excluding hydrogens is 314 g/mol. The van der Waals surface area contributed by atoms with Crippen molar-refractivity contribution < 1.29 is 14.3 Å². The van der Waals surface area contributed by atoms with Gasteiger partial charge in [0.15, 0.2) is 11.5 Å². The number of ether oxygens (including phenoxy) is 2. The summed E-state index contributed by atoms with van der Waals surface area (Å²) in [6.45, 7) is 0. The molecule has 1 N–H and O–H groups in total. The fourth-order valence-electron chi connectivity index (χ4n) is 3.55. The second kappa shape index (κ2) is 11.0. The number of hydrogen-bond acceptors (Lipinski definition) is 3. The van der Waals surface area contributed by atoms with Gasteiger partial charge in [0.2, 0.25) is 0 Å². The number of methoxy groups -OCH3 is 2. The normalized spacial score (nSPS) is 17.8. The largest absolute Gasteiger partial charge is 0.493 e. The quantitative estimate of drug-likeness (QED) is 0.823. The van der Waals surface area contributed by atoms with Crippen LogP contribution in [-0.2, 0) is 0 Å². The van der Waals surface area contributed by atoms with Gasteiger partial charge in [-0.1, -0.05) is 57.8 Å². The van der Waals surface area contributed by atoms with Gasteiger partial charge in [0.05, 0.1) is 14.2 Å². The van der Waals surface area contributed by atoms with Crippen LogP contribution in [0.15, 0.2) is 18.2 Å². The third kappa shape index (κ3) is 6.60. The number of amides is 1. The van der Waals surface area contributed by atoms with Gasteiger partial charge in [0.25, 0.3) is 5.91 Å². The fourth-order valence-corrected chi connectivity index (χ4v) is 3.55. The Balaban J connectivity index is 1.95. The summed E-state index contributed by atoms with van der Waals surface area (Å²) in [6, 6.07) is 5.62. The van der Waals surface area contributed by atoms with Crippen molar-refractivity contribution in [3.8, 4) is 11.5 Å². The number of nitrogens with one attached hydrogen (secondary N) is 1. The Bertz CT molecular complexity index is 518. The Kier molecular flexibility index (Phi) is 8.64. The molecule has 1 aliphatic rings. The maximum Gasteiger partial charge on any atom is 0.251 e. The summed E-state index contributed by atoms with van der Waals surface area (Å²) < 4.78 is 10.5. The van der Waals surface area contributed by atoms with E-state index in [1.165, 1.54) is 57.8 Å². The van der Waals surface area contributed by atoms with E-state index in [0.29, 0.717) is 17.1 Å². The highest BCUT2D eigenvalue weighted by Gasteiger charge is 2.16. The molecule has 0 aliphatic heterocycles. The van der Waals surface area contributed by atoms with Crippen LogP contribution in [0.3, 0.4) is 0 Å². The summed E-state index contributed by atoms with van der Waals surface area (Å²) in [5.41, 5.74) is 0.628. The van der Waals surface area contributed by atoms with Gasteiger partial charge in [-0.3, -0.25) is 4.79 Å². The van der Waals surface area contributed by atoms with Crippen LogP contribution in [-0.4, -0.2) is 26.2 Å². The average molecular weight is 347 g/mol. The van der Waals surface area contributed by atoms with Crippen LogP contribution in [0.5, 0.6) is 11.5 Å². The Morgan fingerprint density at radius 3 is 1.88 bits per heavy atom. The number of carbonyl (C=O) groups is 1. The summed E-state index contributed by atoms with van der Waals surface area (Å²) in [5, 5.41) is 3.24. The zero-order chi connectivity index (χ0) is 17.9. The number of benzene rings is 1. The van der Waals surface area contributed by atoms with Crippen molar-refractivity contribution in [1.82, 2.24) is 5.32 Å². The molecule has 2 rings (SSSR count). The molecule has 1 saturated carbocycles. The molecule has 0 aromatic heterocycles. The Labute approximate surface area is 152 Å². The minimum atomic E-state index is -0.0157. The van der Waals surface area contributed by atoms with Crippen LogP contribution in [0.2, 0.25) is 0 Å². The molecule has 140 valence electrons. The molecule has 1 aromatic rings. The van der Waals surface area contributed by atoms with E-state index >= 15 is 0 Å². The first-order valence-electron chi connectivity index (χ1n) is 9.77. The van der Waals surface area contributed by atoms with E-state index in [1.54, 1.807) is 32.4 Å². The van der Waals surface area contributed by atoms with Crippen LogP contribution in [0.4, 0.5) is 0 Å². The lowest BCUT2D eigenvalue weighted by molar-refractivity contribution is 0.0931. The molecule has 0 heterocycles. The lowest BCUT2D eigenvalue weighted by Crippen LogP contribution is -2.35. The lowest BCUT2D eigenvalue weighted by Gasteiger charge is -2.20. The van der Waals surface area contributed by atoms with Crippen molar-refractivity contribution in [2.45, 2.75) is 76.7 Å². The summed E-state index contributed by atoms with van der Waals surface area (Å²) in [5.74, 6) is 1.22. The number of rotatable bonds is 4. The Hall–Kier alpha value is -1.71. The summed E-state index contributed by atoms with van der Waals surface area (Å²) in [6.07, 6.45) is 13.9. The van der Waals surface area contributed by atoms with Gasteiger partial charge in [-0.05, 0) is 31.0 Å². The number of carbonyl (C=O) groups excluding carboxylic acids is 1. The molecule has 0 saturated heterocycles. The van der Waals surface area contributed by atoms with Gasteiger partial charge in [0, 0.05) is 11.6 Å². The monoisotopic (exact) mass is 347 g/mol. The van der Waals surface area contributed by atoms with Gasteiger partial charge >= 0.3 is 0 Å². The average Bonchev–Trinajstić information content (AvgIpc) is 2.63. The second-order valence-corrected chi connectivity index (χ2v) is 7.00. The fraction of sp³-hybridized carbons (Fsp3) is 0.667. The molecule has 4 heteroatoms. The van der Waals surface area contributed by atoms with E-state index in [4.69, 9.17) is 9.47 Å². The molecule has 1 aliphatic carbocycles. The highest BCUT2D eigenvalue weighted by molar-refractivity contribution is 5.95. The van der Waals surface area contributed by atoms with E-state index < -0.39 is 0 Å². The van der Waals surface area contributed by atoms with Crippen LogP contribution < -0.4 is 14.8 Å². The first-order chi connectivity index (χ1) is 12.2. The van der Waals surface area contributed by atoms with Crippen molar-refractivity contribution >= 4 is 5.91 Å². The van der Waals surface area contributed by atoms with Crippen LogP contribution >= 0.6 is 0 Å². The van der Waals surface area contributed by atoms with Crippen LogP contribution in [0.1, 0.15) is 81.0 Å². The minimum Gasteiger partial charge on any atom is -0.493 e. The van der Waals surface area contributed by atoms with Gasteiger partial charge in [-0.2, -0.15) is 0 Å². The molecule has 0 spiro atoms.